The van der Waals surface area contributed by atoms with Crippen LogP contribution in [0.2, 0.25) is 0 Å². The maximum absolute atomic E-state index is 9.90. The van der Waals surface area contributed by atoms with Gasteiger partial charge in [-0.1, -0.05) is 43.2 Å². The zero-order valence-corrected chi connectivity index (χ0v) is 23.3. The lowest BCUT2D eigenvalue weighted by molar-refractivity contribution is 0.174. The minimum absolute atomic E-state index is 0.278. The number of nitrogens with one attached hydrogen (secondary N) is 1. The van der Waals surface area contributed by atoms with E-state index >= 15 is 0 Å². The Labute approximate surface area is 233 Å². The Balaban J connectivity index is 1.11. The number of rotatable bonds is 8. The summed E-state index contributed by atoms with van der Waals surface area (Å²) in [4.78, 5) is 2.64. The molecule has 5 nitrogen and oxygen atoms in total. The number of hydrogen-bond donors (Lipinski definition) is 2. The highest BCUT2D eigenvalue weighted by Crippen LogP contribution is 2.44. The predicted octanol–water partition coefficient (Wildman–Crippen LogP) is 6.86. The first-order valence-electron chi connectivity index (χ1n) is 14.9. The Bertz CT molecular complexity index is 1260. The summed E-state index contributed by atoms with van der Waals surface area (Å²) < 4.78 is 11.5. The Hall–Kier alpha value is -3.18. The van der Waals surface area contributed by atoms with Crippen molar-refractivity contribution in [3.8, 4) is 17.2 Å². The van der Waals surface area contributed by atoms with Crippen molar-refractivity contribution in [3.05, 3.63) is 82.4 Å². The molecule has 0 bridgehead atoms. The summed E-state index contributed by atoms with van der Waals surface area (Å²) >= 11 is 0. The zero-order chi connectivity index (χ0) is 26.6. The highest BCUT2D eigenvalue weighted by molar-refractivity contribution is 5.63. The first-order chi connectivity index (χ1) is 19.1. The molecule has 1 fully saturated rings. The lowest BCUT2D eigenvalue weighted by Gasteiger charge is -2.28. The van der Waals surface area contributed by atoms with E-state index in [0.29, 0.717) is 11.7 Å². The summed E-state index contributed by atoms with van der Waals surface area (Å²) in [6.07, 6.45) is 10.6. The van der Waals surface area contributed by atoms with Crippen LogP contribution >= 0.6 is 0 Å². The normalized spacial score (nSPS) is 19.8. The van der Waals surface area contributed by atoms with E-state index in [1.54, 1.807) is 0 Å². The predicted molar refractivity (Wildman–Crippen MR) is 157 cm³/mol. The average Bonchev–Trinajstić information content (AvgIpc) is 3.24. The number of aryl methyl sites for hydroxylation is 1. The van der Waals surface area contributed by atoms with Crippen LogP contribution in [0.1, 0.15) is 72.8 Å². The van der Waals surface area contributed by atoms with Crippen molar-refractivity contribution in [2.45, 2.75) is 76.7 Å². The van der Waals surface area contributed by atoms with E-state index in [9.17, 15) is 5.11 Å². The third kappa shape index (κ3) is 6.36. The number of hydrogen-bond acceptors (Lipinski definition) is 5. The molecule has 6 rings (SSSR count). The number of fused-ring (bicyclic) bond motifs is 2. The number of benzene rings is 3. The van der Waals surface area contributed by atoms with Crippen LogP contribution in [-0.2, 0) is 25.7 Å². The van der Waals surface area contributed by atoms with Crippen molar-refractivity contribution in [1.29, 1.82) is 0 Å². The number of phenolic OH excluding ortho intramolecular Hbond substituents is 1. The van der Waals surface area contributed by atoms with Gasteiger partial charge in [0.2, 0.25) is 6.79 Å². The van der Waals surface area contributed by atoms with Gasteiger partial charge in [-0.2, -0.15) is 0 Å². The topological polar surface area (TPSA) is 54.0 Å². The highest BCUT2D eigenvalue weighted by Gasteiger charge is 2.26. The molecule has 39 heavy (non-hydrogen) atoms. The van der Waals surface area contributed by atoms with Crippen molar-refractivity contribution in [1.82, 2.24) is 4.90 Å². The standard InChI is InChI=1S/C34H42N2O3/c1-24(18-26-8-6-25(7-9-26)14-17-36-15-4-2-3-5-16-36)35-32-22-34-33(38-23-39-34)21-31(32)29-11-10-28-20-30(37)13-12-27(28)19-29/h6-9,12-13,20-22,24,29,35,37H,2-5,10-11,14-19,23H2,1H3. The Morgan fingerprint density at radius 1 is 0.897 bits per heavy atom. The molecule has 2 atom stereocenters. The fourth-order valence-electron chi connectivity index (χ4n) is 6.59. The number of ether oxygens (including phenoxy) is 2. The van der Waals surface area contributed by atoms with E-state index in [1.807, 2.05) is 12.1 Å². The molecule has 3 aliphatic rings. The molecule has 2 aliphatic heterocycles. The molecule has 1 aliphatic carbocycles. The number of nitrogens with zero attached hydrogens (tertiary/aromatic N) is 1. The Morgan fingerprint density at radius 2 is 1.64 bits per heavy atom. The van der Waals surface area contributed by atoms with E-state index < -0.39 is 0 Å². The molecule has 2 N–H and O–H groups in total. The summed E-state index contributed by atoms with van der Waals surface area (Å²) in [5, 5.41) is 13.7. The van der Waals surface area contributed by atoms with Gasteiger partial charge in [0.25, 0.3) is 0 Å². The second-order valence-corrected chi connectivity index (χ2v) is 11.8. The molecule has 1 saturated heterocycles. The number of aromatic hydroxyl groups is 1. The van der Waals surface area contributed by atoms with Crippen molar-refractivity contribution in [3.63, 3.8) is 0 Å². The first-order valence-corrected chi connectivity index (χ1v) is 14.9. The van der Waals surface area contributed by atoms with Crippen molar-refractivity contribution >= 4 is 5.69 Å². The second-order valence-electron chi connectivity index (χ2n) is 11.8. The average molecular weight is 527 g/mol. The van der Waals surface area contributed by atoms with Gasteiger partial charge in [-0.05, 0) is 117 Å². The quantitative estimate of drug-likeness (QED) is 0.336. The van der Waals surface area contributed by atoms with Crippen LogP contribution in [0.4, 0.5) is 5.69 Å². The third-order valence-electron chi connectivity index (χ3n) is 8.79. The van der Waals surface area contributed by atoms with Gasteiger partial charge in [-0.25, -0.2) is 0 Å². The SMILES string of the molecule is CC(Cc1ccc(CCN2CCCCCC2)cc1)Nc1cc2c(cc1C1CCc3cc(O)ccc3C1)OCO2. The lowest BCUT2D eigenvalue weighted by Crippen LogP contribution is -2.26. The van der Waals surface area contributed by atoms with E-state index in [1.165, 1.54) is 73.1 Å². The van der Waals surface area contributed by atoms with E-state index in [-0.39, 0.29) is 12.8 Å². The van der Waals surface area contributed by atoms with Gasteiger partial charge in [-0.3, -0.25) is 0 Å². The zero-order valence-electron chi connectivity index (χ0n) is 23.3. The van der Waals surface area contributed by atoms with E-state index in [2.05, 4.69) is 59.6 Å². The van der Waals surface area contributed by atoms with Gasteiger partial charge in [0.15, 0.2) is 11.5 Å². The number of phenols is 1. The van der Waals surface area contributed by atoms with Gasteiger partial charge in [-0.15, -0.1) is 0 Å². The minimum Gasteiger partial charge on any atom is -0.508 e. The molecule has 0 saturated carbocycles. The Kier molecular flexibility index (Phi) is 7.96. The maximum atomic E-state index is 9.90. The van der Waals surface area contributed by atoms with Crippen molar-refractivity contribution in [2.75, 3.05) is 31.7 Å². The van der Waals surface area contributed by atoms with Crippen LogP contribution in [0.5, 0.6) is 17.2 Å². The first kappa shape index (κ1) is 26.1. The molecule has 3 aromatic rings. The largest absolute Gasteiger partial charge is 0.508 e. The lowest BCUT2D eigenvalue weighted by atomic mass is 9.79. The van der Waals surface area contributed by atoms with Crippen molar-refractivity contribution < 1.29 is 14.6 Å². The minimum atomic E-state index is 0.278. The molecule has 0 radical (unpaired) electrons. The molecular formula is C34H42N2O3. The number of anilines is 1. The molecule has 2 unspecified atom stereocenters. The van der Waals surface area contributed by atoms with Crippen LogP contribution in [0.15, 0.2) is 54.6 Å². The summed E-state index contributed by atoms with van der Waals surface area (Å²) in [6.45, 7) is 6.25. The third-order valence-corrected chi connectivity index (χ3v) is 8.79. The monoisotopic (exact) mass is 526 g/mol. The van der Waals surface area contributed by atoms with Gasteiger partial charge in [0.1, 0.15) is 5.75 Å². The van der Waals surface area contributed by atoms with Crippen LogP contribution in [0.25, 0.3) is 0 Å². The van der Waals surface area contributed by atoms with Crippen LogP contribution in [-0.4, -0.2) is 42.5 Å². The molecule has 2 heterocycles. The molecular weight excluding hydrogens is 484 g/mol. The fraction of sp³-hybridized carbons (Fsp3) is 0.471. The fourth-order valence-corrected chi connectivity index (χ4v) is 6.59. The highest BCUT2D eigenvalue weighted by atomic mass is 16.7. The van der Waals surface area contributed by atoms with Crippen LogP contribution in [0, 0.1) is 0 Å². The maximum Gasteiger partial charge on any atom is 0.231 e. The number of likely N-dealkylation sites (tertiary alicyclic amines) is 1. The Morgan fingerprint density at radius 3 is 2.44 bits per heavy atom. The molecule has 206 valence electrons. The van der Waals surface area contributed by atoms with Gasteiger partial charge in [0.05, 0.1) is 0 Å². The van der Waals surface area contributed by atoms with Gasteiger partial charge in [0, 0.05) is 24.3 Å². The van der Waals surface area contributed by atoms with Gasteiger partial charge >= 0.3 is 0 Å². The van der Waals surface area contributed by atoms with Crippen molar-refractivity contribution in [2.24, 2.45) is 0 Å². The molecule has 0 spiro atoms. The second kappa shape index (κ2) is 11.9. The molecule has 0 aromatic heterocycles. The molecule has 0 amide bonds. The summed E-state index contributed by atoms with van der Waals surface area (Å²) in [5.41, 5.74) is 7.85. The summed E-state index contributed by atoms with van der Waals surface area (Å²) in [5.74, 6) is 2.42. The summed E-state index contributed by atoms with van der Waals surface area (Å²) in [6, 6.07) is 19.7. The molecule has 5 heteroatoms. The summed E-state index contributed by atoms with van der Waals surface area (Å²) in [7, 11) is 0. The smallest absolute Gasteiger partial charge is 0.231 e. The van der Waals surface area contributed by atoms with Crippen LogP contribution < -0.4 is 14.8 Å². The van der Waals surface area contributed by atoms with E-state index in [4.69, 9.17) is 9.47 Å². The molecule has 3 aromatic carbocycles. The van der Waals surface area contributed by atoms with Crippen LogP contribution in [0.3, 0.4) is 0 Å². The van der Waals surface area contributed by atoms with Gasteiger partial charge < -0.3 is 24.8 Å². The van der Waals surface area contributed by atoms with E-state index in [0.717, 1.165) is 49.3 Å².